The van der Waals surface area contributed by atoms with Gasteiger partial charge in [0.2, 0.25) is 0 Å². The van der Waals surface area contributed by atoms with E-state index in [4.69, 9.17) is 20.6 Å². The molecule has 1 heterocycles. The first-order valence-corrected chi connectivity index (χ1v) is 8.37. The lowest BCUT2D eigenvalue weighted by Crippen LogP contribution is -2.39. The number of methoxy groups -OCH3 is 1. The third kappa shape index (κ3) is 6.50. The van der Waals surface area contributed by atoms with Crippen molar-refractivity contribution in [3.8, 4) is 18.1 Å². The SMILES string of the molecule is C#CCOC[C@H](O)CN(Cc1ccc(OC)cc1)C[C@@H]1CCCO1. The second kappa shape index (κ2) is 10.3. The maximum absolute atomic E-state index is 10.2. The number of terminal acetylenes is 1. The van der Waals surface area contributed by atoms with E-state index in [0.29, 0.717) is 6.54 Å². The van der Waals surface area contributed by atoms with Crippen LogP contribution in [0.3, 0.4) is 0 Å². The molecule has 1 aliphatic rings. The Morgan fingerprint density at radius 3 is 2.83 bits per heavy atom. The van der Waals surface area contributed by atoms with E-state index >= 15 is 0 Å². The minimum Gasteiger partial charge on any atom is -0.497 e. The molecule has 0 bridgehead atoms. The molecule has 24 heavy (non-hydrogen) atoms. The fourth-order valence-corrected chi connectivity index (χ4v) is 2.87. The zero-order chi connectivity index (χ0) is 17.2. The highest BCUT2D eigenvalue weighted by molar-refractivity contribution is 5.27. The normalized spacial score (nSPS) is 18.5. The summed E-state index contributed by atoms with van der Waals surface area (Å²) in [6.07, 6.45) is 7.00. The van der Waals surface area contributed by atoms with Gasteiger partial charge in [-0.05, 0) is 30.5 Å². The van der Waals surface area contributed by atoms with Crippen molar-refractivity contribution >= 4 is 0 Å². The topological polar surface area (TPSA) is 51.2 Å². The number of hydrogen-bond acceptors (Lipinski definition) is 5. The molecule has 1 aliphatic heterocycles. The Labute approximate surface area is 144 Å². The van der Waals surface area contributed by atoms with Gasteiger partial charge in [0.15, 0.2) is 0 Å². The molecule has 0 unspecified atom stereocenters. The van der Waals surface area contributed by atoms with Gasteiger partial charge in [-0.1, -0.05) is 18.1 Å². The molecular formula is C19H27NO4. The molecule has 0 aliphatic carbocycles. The molecule has 1 aromatic rings. The van der Waals surface area contributed by atoms with E-state index in [1.165, 1.54) is 5.56 Å². The van der Waals surface area contributed by atoms with E-state index < -0.39 is 6.10 Å². The van der Waals surface area contributed by atoms with E-state index in [-0.39, 0.29) is 19.3 Å². The number of rotatable bonds is 10. The summed E-state index contributed by atoms with van der Waals surface area (Å²) in [6, 6.07) is 7.99. The molecule has 1 aromatic carbocycles. The van der Waals surface area contributed by atoms with Crippen molar-refractivity contribution in [2.24, 2.45) is 0 Å². The molecule has 5 heteroatoms. The fourth-order valence-electron chi connectivity index (χ4n) is 2.87. The maximum Gasteiger partial charge on any atom is 0.118 e. The first-order chi connectivity index (χ1) is 11.7. The molecule has 1 N–H and O–H groups in total. The lowest BCUT2D eigenvalue weighted by Gasteiger charge is -2.27. The number of ether oxygens (including phenoxy) is 3. The smallest absolute Gasteiger partial charge is 0.118 e. The van der Waals surface area contributed by atoms with Crippen molar-refractivity contribution in [3.63, 3.8) is 0 Å². The Kier molecular flexibility index (Phi) is 8.06. The van der Waals surface area contributed by atoms with Crippen molar-refractivity contribution in [3.05, 3.63) is 29.8 Å². The van der Waals surface area contributed by atoms with Gasteiger partial charge in [-0.25, -0.2) is 0 Å². The van der Waals surface area contributed by atoms with Crippen LogP contribution in [0.5, 0.6) is 5.75 Å². The van der Waals surface area contributed by atoms with Crippen LogP contribution in [0.4, 0.5) is 0 Å². The Balaban J connectivity index is 1.91. The summed E-state index contributed by atoms with van der Waals surface area (Å²) in [7, 11) is 1.66. The van der Waals surface area contributed by atoms with Crippen molar-refractivity contribution in [1.29, 1.82) is 0 Å². The molecule has 0 radical (unpaired) electrons. The molecule has 1 fully saturated rings. The number of hydrogen-bond donors (Lipinski definition) is 1. The lowest BCUT2D eigenvalue weighted by molar-refractivity contribution is 0.00955. The van der Waals surface area contributed by atoms with Gasteiger partial charge in [-0.2, -0.15) is 0 Å². The van der Waals surface area contributed by atoms with E-state index in [9.17, 15) is 5.11 Å². The van der Waals surface area contributed by atoms with Gasteiger partial charge in [0.05, 0.1) is 25.9 Å². The summed E-state index contributed by atoms with van der Waals surface area (Å²) >= 11 is 0. The van der Waals surface area contributed by atoms with Gasteiger partial charge < -0.3 is 19.3 Å². The number of nitrogens with zero attached hydrogens (tertiary/aromatic N) is 1. The summed E-state index contributed by atoms with van der Waals surface area (Å²) in [6.45, 7) is 3.37. The first kappa shape index (κ1) is 18.8. The van der Waals surface area contributed by atoms with Gasteiger partial charge in [0.25, 0.3) is 0 Å². The second-order valence-corrected chi connectivity index (χ2v) is 6.05. The lowest BCUT2D eigenvalue weighted by atomic mass is 10.1. The molecule has 0 aromatic heterocycles. The average molecular weight is 333 g/mol. The third-order valence-corrected chi connectivity index (χ3v) is 4.02. The highest BCUT2D eigenvalue weighted by atomic mass is 16.5. The van der Waals surface area contributed by atoms with Crippen molar-refractivity contribution in [1.82, 2.24) is 4.90 Å². The molecular weight excluding hydrogens is 306 g/mol. The van der Waals surface area contributed by atoms with Crippen LogP contribution in [0.2, 0.25) is 0 Å². The Morgan fingerprint density at radius 2 is 2.21 bits per heavy atom. The van der Waals surface area contributed by atoms with Crippen LogP contribution in [0.25, 0.3) is 0 Å². The van der Waals surface area contributed by atoms with E-state index in [0.717, 1.165) is 38.3 Å². The molecule has 1 saturated heterocycles. The van der Waals surface area contributed by atoms with Crippen molar-refractivity contribution < 1.29 is 19.3 Å². The number of aliphatic hydroxyl groups excluding tert-OH is 1. The van der Waals surface area contributed by atoms with Gasteiger partial charge in [-0.15, -0.1) is 6.42 Å². The standard InChI is InChI=1S/C19H27NO4/c1-3-10-23-15-17(21)13-20(14-19-5-4-11-24-19)12-16-6-8-18(22-2)9-7-16/h1,6-9,17,19,21H,4-5,10-15H2,2H3/t17-,19+/m1/s1. The van der Waals surface area contributed by atoms with Crippen LogP contribution < -0.4 is 4.74 Å². The maximum atomic E-state index is 10.2. The van der Waals surface area contributed by atoms with Gasteiger partial charge >= 0.3 is 0 Å². The monoisotopic (exact) mass is 333 g/mol. The summed E-state index contributed by atoms with van der Waals surface area (Å²) < 4.78 is 16.2. The predicted octanol–water partition coefficient (Wildman–Crippen LogP) is 1.69. The Bertz CT molecular complexity index is 505. The molecule has 2 rings (SSSR count). The molecule has 2 atom stereocenters. The minimum absolute atomic E-state index is 0.223. The van der Waals surface area contributed by atoms with Crippen LogP contribution >= 0.6 is 0 Å². The summed E-state index contributed by atoms with van der Waals surface area (Å²) in [5.41, 5.74) is 1.17. The third-order valence-electron chi connectivity index (χ3n) is 4.02. The summed E-state index contributed by atoms with van der Waals surface area (Å²) in [5.74, 6) is 3.25. The fraction of sp³-hybridized carbons (Fsp3) is 0.579. The van der Waals surface area contributed by atoms with Crippen LogP contribution in [0, 0.1) is 12.3 Å². The van der Waals surface area contributed by atoms with Crippen LogP contribution in [-0.2, 0) is 16.0 Å². The highest BCUT2D eigenvalue weighted by Gasteiger charge is 2.21. The minimum atomic E-state index is -0.571. The van der Waals surface area contributed by atoms with E-state index in [1.807, 2.05) is 24.3 Å². The Morgan fingerprint density at radius 1 is 1.42 bits per heavy atom. The first-order valence-electron chi connectivity index (χ1n) is 8.37. The van der Waals surface area contributed by atoms with E-state index in [2.05, 4.69) is 10.8 Å². The molecule has 0 spiro atoms. The molecule has 0 saturated carbocycles. The van der Waals surface area contributed by atoms with Gasteiger partial charge in [-0.3, -0.25) is 4.90 Å². The second-order valence-electron chi connectivity index (χ2n) is 6.05. The number of benzene rings is 1. The van der Waals surface area contributed by atoms with Crippen LogP contribution in [0.15, 0.2) is 24.3 Å². The summed E-state index contributed by atoms with van der Waals surface area (Å²) in [5, 5.41) is 10.2. The predicted molar refractivity (Wildman–Crippen MR) is 92.9 cm³/mol. The average Bonchev–Trinajstić information content (AvgIpc) is 3.08. The van der Waals surface area contributed by atoms with Crippen molar-refractivity contribution in [2.75, 3.05) is 40.0 Å². The number of aliphatic hydroxyl groups is 1. The van der Waals surface area contributed by atoms with Crippen molar-refractivity contribution in [2.45, 2.75) is 31.6 Å². The molecule has 132 valence electrons. The Hall–Kier alpha value is -1.58. The zero-order valence-corrected chi connectivity index (χ0v) is 14.3. The molecule has 5 nitrogen and oxygen atoms in total. The van der Waals surface area contributed by atoms with Crippen LogP contribution in [0.1, 0.15) is 18.4 Å². The highest BCUT2D eigenvalue weighted by Crippen LogP contribution is 2.17. The van der Waals surface area contributed by atoms with E-state index in [1.54, 1.807) is 7.11 Å². The molecule has 0 amide bonds. The zero-order valence-electron chi connectivity index (χ0n) is 14.3. The van der Waals surface area contributed by atoms with Crippen LogP contribution in [-0.4, -0.2) is 62.2 Å². The van der Waals surface area contributed by atoms with Gasteiger partial charge in [0.1, 0.15) is 12.4 Å². The van der Waals surface area contributed by atoms with Gasteiger partial charge in [0, 0.05) is 26.2 Å². The summed E-state index contributed by atoms with van der Waals surface area (Å²) in [4.78, 5) is 2.21. The quantitative estimate of drug-likeness (QED) is 0.522. The largest absolute Gasteiger partial charge is 0.497 e.